The van der Waals surface area contributed by atoms with Crippen molar-refractivity contribution in [3.8, 4) is 5.75 Å². The molecule has 1 atom stereocenters. The second-order valence-corrected chi connectivity index (χ2v) is 6.83. The fourth-order valence-electron chi connectivity index (χ4n) is 3.03. The molecule has 3 nitrogen and oxygen atoms in total. The minimum Gasteiger partial charge on any atom is -0.497 e. The molecule has 0 bridgehead atoms. The van der Waals surface area contributed by atoms with E-state index in [0.29, 0.717) is 12.0 Å². The molecule has 1 heterocycles. The highest BCUT2D eigenvalue weighted by molar-refractivity contribution is 5.28. The minimum absolute atomic E-state index is 0.185. The summed E-state index contributed by atoms with van der Waals surface area (Å²) in [5, 5.41) is 3.66. The Morgan fingerprint density at radius 3 is 2.80 bits per heavy atom. The van der Waals surface area contributed by atoms with E-state index in [2.05, 4.69) is 56.1 Å². The molecule has 0 aromatic heterocycles. The number of methoxy groups -OCH3 is 1. The number of piperazine rings is 1. The van der Waals surface area contributed by atoms with E-state index in [1.54, 1.807) is 7.11 Å². The lowest BCUT2D eigenvalue weighted by atomic mass is 9.92. The molecule has 1 aromatic rings. The SMILES string of the molecule is COc1cccc(CN2CC(C)(C)NCC2C(C)C)c1. The second kappa shape index (κ2) is 6.15. The van der Waals surface area contributed by atoms with Crippen molar-refractivity contribution < 1.29 is 4.74 Å². The molecule has 0 saturated carbocycles. The van der Waals surface area contributed by atoms with Crippen LogP contribution < -0.4 is 10.1 Å². The molecule has 112 valence electrons. The molecule has 20 heavy (non-hydrogen) atoms. The molecule has 1 N–H and O–H groups in total. The van der Waals surface area contributed by atoms with Gasteiger partial charge in [-0.05, 0) is 37.5 Å². The van der Waals surface area contributed by atoms with Gasteiger partial charge in [-0.1, -0.05) is 26.0 Å². The summed E-state index contributed by atoms with van der Waals surface area (Å²) in [5.74, 6) is 1.60. The molecular weight excluding hydrogens is 248 g/mol. The van der Waals surface area contributed by atoms with E-state index in [0.717, 1.165) is 25.4 Å². The third-order valence-electron chi connectivity index (χ3n) is 4.15. The summed E-state index contributed by atoms with van der Waals surface area (Å²) >= 11 is 0. The Balaban J connectivity index is 2.14. The second-order valence-electron chi connectivity index (χ2n) is 6.83. The van der Waals surface area contributed by atoms with Crippen LogP contribution in [0.4, 0.5) is 0 Å². The van der Waals surface area contributed by atoms with Gasteiger partial charge in [-0.25, -0.2) is 0 Å². The zero-order chi connectivity index (χ0) is 14.8. The highest BCUT2D eigenvalue weighted by Crippen LogP contribution is 2.23. The van der Waals surface area contributed by atoms with E-state index in [1.807, 2.05) is 6.07 Å². The molecule has 1 aliphatic heterocycles. The predicted octanol–water partition coefficient (Wildman–Crippen LogP) is 2.90. The molecule has 1 aliphatic rings. The molecule has 1 saturated heterocycles. The first-order chi connectivity index (χ1) is 9.41. The molecule has 0 spiro atoms. The van der Waals surface area contributed by atoms with Crippen molar-refractivity contribution in [2.75, 3.05) is 20.2 Å². The number of nitrogens with zero attached hydrogens (tertiary/aromatic N) is 1. The van der Waals surface area contributed by atoms with Crippen molar-refractivity contribution in [3.63, 3.8) is 0 Å². The Kier molecular flexibility index (Phi) is 4.71. The van der Waals surface area contributed by atoms with Gasteiger partial charge < -0.3 is 10.1 Å². The fraction of sp³-hybridized carbons (Fsp3) is 0.647. The van der Waals surface area contributed by atoms with Gasteiger partial charge in [0.15, 0.2) is 0 Å². The van der Waals surface area contributed by atoms with Gasteiger partial charge in [-0.3, -0.25) is 4.90 Å². The van der Waals surface area contributed by atoms with E-state index >= 15 is 0 Å². The first-order valence-corrected chi connectivity index (χ1v) is 7.53. The summed E-state index contributed by atoms with van der Waals surface area (Å²) in [6.07, 6.45) is 0. The van der Waals surface area contributed by atoms with Gasteiger partial charge in [0.2, 0.25) is 0 Å². The standard InChI is InChI=1S/C17H28N2O/c1-13(2)16-10-18-17(3,4)12-19(16)11-14-7-6-8-15(9-14)20-5/h6-9,13,16,18H,10-12H2,1-5H3. The Morgan fingerprint density at radius 2 is 2.15 bits per heavy atom. The maximum Gasteiger partial charge on any atom is 0.119 e. The van der Waals surface area contributed by atoms with Gasteiger partial charge in [0, 0.05) is 31.2 Å². The zero-order valence-corrected chi connectivity index (χ0v) is 13.4. The van der Waals surface area contributed by atoms with Crippen LogP contribution in [0.25, 0.3) is 0 Å². The van der Waals surface area contributed by atoms with Crippen molar-refractivity contribution in [3.05, 3.63) is 29.8 Å². The summed E-state index contributed by atoms with van der Waals surface area (Å²) in [5.41, 5.74) is 1.51. The topological polar surface area (TPSA) is 24.5 Å². The lowest BCUT2D eigenvalue weighted by Gasteiger charge is -2.46. The molecular formula is C17H28N2O. The van der Waals surface area contributed by atoms with E-state index in [1.165, 1.54) is 5.56 Å². The Labute approximate surface area is 123 Å². The molecule has 1 fully saturated rings. The molecule has 1 unspecified atom stereocenters. The molecule has 0 radical (unpaired) electrons. The van der Waals surface area contributed by atoms with Gasteiger partial charge in [0.25, 0.3) is 0 Å². The van der Waals surface area contributed by atoms with Crippen LogP contribution in [0.3, 0.4) is 0 Å². The zero-order valence-electron chi connectivity index (χ0n) is 13.4. The van der Waals surface area contributed by atoms with Crippen LogP contribution in [-0.4, -0.2) is 36.7 Å². The summed E-state index contributed by atoms with van der Waals surface area (Å²) in [7, 11) is 1.73. The van der Waals surface area contributed by atoms with Crippen molar-refractivity contribution in [2.24, 2.45) is 5.92 Å². The van der Waals surface area contributed by atoms with Gasteiger partial charge >= 0.3 is 0 Å². The van der Waals surface area contributed by atoms with Gasteiger partial charge in [-0.2, -0.15) is 0 Å². The lowest BCUT2D eigenvalue weighted by Crippen LogP contribution is -2.62. The van der Waals surface area contributed by atoms with Gasteiger partial charge in [0.05, 0.1) is 7.11 Å². The third-order valence-corrected chi connectivity index (χ3v) is 4.15. The van der Waals surface area contributed by atoms with E-state index in [4.69, 9.17) is 4.74 Å². The number of rotatable bonds is 4. The highest BCUT2D eigenvalue weighted by atomic mass is 16.5. The lowest BCUT2D eigenvalue weighted by molar-refractivity contribution is 0.0627. The molecule has 1 aromatic carbocycles. The van der Waals surface area contributed by atoms with Crippen LogP contribution in [0.1, 0.15) is 33.3 Å². The number of benzene rings is 1. The smallest absolute Gasteiger partial charge is 0.119 e. The Hall–Kier alpha value is -1.06. The van der Waals surface area contributed by atoms with Crippen LogP contribution in [0.2, 0.25) is 0 Å². The highest BCUT2D eigenvalue weighted by Gasteiger charge is 2.33. The van der Waals surface area contributed by atoms with E-state index < -0.39 is 0 Å². The number of ether oxygens (including phenoxy) is 1. The first kappa shape index (κ1) is 15.3. The van der Waals surface area contributed by atoms with Crippen LogP contribution in [0.15, 0.2) is 24.3 Å². The Bertz CT molecular complexity index is 442. The average molecular weight is 276 g/mol. The summed E-state index contributed by atoms with van der Waals surface area (Å²) in [6, 6.07) is 9.01. The summed E-state index contributed by atoms with van der Waals surface area (Å²) in [6.45, 7) is 12.3. The van der Waals surface area contributed by atoms with Gasteiger partial charge in [-0.15, -0.1) is 0 Å². The first-order valence-electron chi connectivity index (χ1n) is 7.53. The van der Waals surface area contributed by atoms with E-state index in [-0.39, 0.29) is 5.54 Å². The molecule has 2 rings (SSSR count). The predicted molar refractivity (Wildman–Crippen MR) is 84.1 cm³/mol. The summed E-state index contributed by atoms with van der Waals surface area (Å²) < 4.78 is 5.33. The average Bonchev–Trinajstić information content (AvgIpc) is 2.37. The fourth-order valence-corrected chi connectivity index (χ4v) is 3.03. The number of hydrogen-bond donors (Lipinski definition) is 1. The van der Waals surface area contributed by atoms with Gasteiger partial charge in [0.1, 0.15) is 5.75 Å². The Morgan fingerprint density at radius 1 is 1.40 bits per heavy atom. The molecule has 3 heteroatoms. The third kappa shape index (κ3) is 3.74. The number of hydrogen-bond acceptors (Lipinski definition) is 3. The maximum atomic E-state index is 5.33. The quantitative estimate of drug-likeness (QED) is 0.915. The monoisotopic (exact) mass is 276 g/mol. The van der Waals surface area contributed by atoms with Crippen molar-refractivity contribution in [1.82, 2.24) is 10.2 Å². The van der Waals surface area contributed by atoms with E-state index in [9.17, 15) is 0 Å². The molecule has 0 aliphatic carbocycles. The van der Waals surface area contributed by atoms with Crippen molar-refractivity contribution in [2.45, 2.75) is 45.8 Å². The maximum absolute atomic E-state index is 5.33. The minimum atomic E-state index is 0.185. The van der Waals surface area contributed by atoms with Crippen LogP contribution in [0, 0.1) is 5.92 Å². The van der Waals surface area contributed by atoms with Crippen molar-refractivity contribution in [1.29, 1.82) is 0 Å². The van der Waals surface area contributed by atoms with Crippen LogP contribution in [0.5, 0.6) is 5.75 Å². The largest absolute Gasteiger partial charge is 0.497 e. The van der Waals surface area contributed by atoms with Crippen molar-refractivity contribution >= 4 is 0 Å². The summed E-state index contributed by atoms with van der Waals surface area (Å²) in [4.78, 5) is 2.61. The normalized spacial score (nSPS) is 23.0. The number of nitrogens with one attached hydrogen (secondary N) is 1. The molecule has 0 amide bonds. The van der Waals surface area contributed by atoms with Crippen LogP contribution in [-0.2, 0) is 6.54 Å². The van der Waals surface area contributed by atoms with Crippen LogP contribution >= 0.6 is 0 Å².